The monoisotopic (exact) mass is 386 g/mol. The van der Waals surface area contributed by atoms with Gasteiger partial charge in [-0.3, -0.25) is 0 Å². The molecule has 3 nitrogen and oxygen atoms in total. The van der Waals surface area contributed by atoms with Crippen molar-refractivity contribution in [2.75, 3.05) is 0 Å². The molecular formula is C26H26O3. The summed E-state index contributed by atoms with van der Waals surface area (Å²) in [6, 6.07) is 22.7. The highest BCUT2D eigenvalue weighted by atomic mass is 16.5. The minimum absolute atomic E-state index is 0.0551. The lowest BCUT2D eigenvalue weighted by Gasteiger charge is -2.13. The maximum absolute atomic E-state index is 11.6. The highest BCUT2D eigenvalue weighted by molar-refractivity contribution is 5.81. The van der Waals surface area contributed by atoms with Crippen molar-refractivity contribution in [3.8, 4) is 11.1 Å². The van der Waals surface area contributed by atoms with E-state index in [0.29, 0.717) is 0 Å². The number of benzene rings is 3. The van der Waals surface area contributed by atoms with E-state index in [2.05, 4.69) is 56.0 Å². The smallest absolute Gasteiger partial charge is 0.330 e. The Hall–Kier alpha value is -3.17. The van der Waals surface area contributed by atoms with Crippen LogP contribution in [0.4, 0.5) is 0 Å². The Balaban J connectivity index is 1.82. The molecule has 0 amide bonds. The van der Waals surface area contributed by atoms with Crippen molar-refractivity contribution in [1.29, 1.82) is 0 Å². The van der Waals surface area contributed by atoms with Gasteiger partial charge >= 0.3 is 5.97 Å². The summed E-state index contributed by atoms with van der Waals surface area (Å²) >= 11 is 0. The fraction of sp³-hybridized carbons (Fsp3) is 0.192. The van der Waals surface area contributed by atoms with E-state index in [9.17, 15) is 9.90 Å². The second-order valence-electron chi connectivity index (χ2n) is 7.14. The molecule has 3 aromatic carbocycles. The molecule has 0 radical (unpaired) electrons. The van der Waals surface area contributed by atoms with E-state index in [-0.39, 0.29) is 13.2 Å². The summed E-state index contributed by atoms with van der Waals surface area (Å²) in [6.45, 7) is 5.82. The minimum atomic E-state index is -0.420. The van der Waals surface area contributed by atoms with Crippen LogP contribution in [0.3, 0.4) is 0 Å². The summed E-state index contributed by atoms with van der Waals surface area (Å²) < 4.78 is 5.33. The maximum Gasteiger partial charge on any atom is 0.330 e. The van der Waals surface area contributed by atoms with Gasteiger partial charge in [0.2, 0.25) is 0 Å². The number of aliphatic hydroxyl groups is 1. The Kier molecular flexibility index (Phi) is 6.99. The number of ether oxygens (including phenoxy) is 1. The zero-order valence-corrected chi connectivity index (χ0v) is 16.7. The number of aliphatic hydroxyl groups excluding tert-OH is 1. The average molecular weight is 386 g/mol. The van der Waals surface area contributed by atoms with Crippen molar-refractivity contribution >= 4 is 5.97 Å². The summed E-state index contributed by atoms with van der Waals surface area (Å²) in [6.07, 6.45) is 2.90. The molecule has 0 aliphatic rings. The summed E-state index contributed by atoms with van der Waals surface area (Å²) in [5, 5.41) is 9.18. The van der Waals surface area contributed by atoms with Crippen molar-refractivity contribution in [3.63, 3.8) is 0 Å². The van der Waals surface area contributed by atoms with Gasteiger partial charge in [0.05, 0.1) is 6.61 Å². The normalized spacial score (nSPS) is 10.6. The van der Waals surface area contributed by atoms with Gasteiger partial charge in [0.1, 0.15) is 6.61 Å². The van der Waals surface area contributed by atoms with E-state index in [4.69, 9.17) is 4.74 Å². The topological polar surface area (TPSA) is 46.5 Å². The molecule has 0 heterocycles. The average Bonchev–Trinajstić information content (AvgIpc) is 2.77. The number of carbonyl (C=O) groups is 1. The van der Waals surface area contributed by atoms with Crippen LogP contribution in [-0.2, 0) is 35.6 Å². The van der Waals surface area contributed by atoms with Crippen LogP contribution >= 0.6 is 0 Å². The summed E-state index contributed by atoms with van der Waals surface area (Å²) in [4.78, 5) is 11.6. The molecular weight excluding hydrogens is 360 g/mol. The number of esters is 1. The Labute approximate surface area is 172 Å². The Morgan fingerprint density at radius 2 is 1.55 bits per heavy atom. The number of rotatable bonds is 8. The fourth-order valence-corrected chi connectivity index (χ4v) is 3.23. The first-order chi connectivity index (χ1) is 14.1. The van der Waals surface area contributed by atoms with Crippen LogP contribution in [0.25, 0.3) is 11.1 Å². The van der Waals surface area contributed by atoms with Crippen molar-refractivity contribution in [2.45, 2.75) is 33.0 Å². The maximum atomic E-state index is 11.6. The molecule has 0 fully saturated rings. The second kappa shape index (κ2) is 9.85. The largest absolute Gasteiger partial charge is 0.458 e. The van der Waals surface area contributed by atoms with Crippen LogP contribution in [0.2, 0.25) is 0 Å². The zero-order chi connectivity index (χ0) is 20.6. The van der Waals surface area contributed by atoms with E-state index in [1.807, 2.05) is 24.3 Å². The Bertz CT molecular complexity index is 970. The minimum Gasteiger partial charge on any atom is -0.458 e. The van der Waals surface area contributed by atoms with Crippen LogP contribution in [-0.4, -0.2) is 11.1 Å². The van der Waals surface area contributed by atoms with Gasteiger partial charge in [-0.25, -0.2) is 4.79 Å². The number of hydrogen-bond donors (Lipinski definition) is 1. The molecule has 0 atom stereocenters. The molecule has 29 heavy (non-hydrogen) atoms. The highest BCUT2D eigenvalue weighted by Gasteiger charge is 2.09. The van der Waals surface area contributed by atoms with Crippen molar-refractivity contribution in [3.05, 3.63) is 107 Å². The summed E-state index contributed by atoms with van der Waals surface area (Å²) in [5.74, 6) is -0.420. The fourth-order valence-electron chi connectivity index (χ4n) is 3.23. The van der Waals surface area contributed by atoms with Crippen LogP contribution in [0.15, 0.2) is 79.4 Å². The van der Waals surface area contributed by atoms with E-state index < -0.39 is 5.97 Å². The molecule has 3 aromatic rings. The molecule has 3 heteroatoms. The molecule has 3 rings (SSSR count). The van der Waals surface area contributed by atoms with Crippen LogP contribution in [0.1, 0.15) is 27.8 Å². The van der Waals surface area contributed by atoms with Gasteiger partial charge in [-0.15, -0.1) is 0 Å². The van der Waals surface area contributed by atoms with Gasteiger partial charge in [0.25, 0.3) is 0 Å². The molecule has 148 valence electrons. The van der Waals surface area contributed by atoms with Crippen LogP contribution < -0.4 is 0 Å². The summed E-state index contributed by atoms with van der Waals surface area (Å²) in [7, 11) is 0. The lowest BCUT2D eigenvalue weighted by Crippen LogP contribution is -2.04. The van der Waals surface area contributed by atoms with E-state index in [0.717, 1.165) is 40.7 Å². The first-order valence-corrected chi connectivity index (χ1v) is 9.76. The standard InChI is InChI=1S/C26H26O3/c1-3-26(28)29-18-25-16-24(22-11-4-19(2)5-12-22)15-14-23(25)13-10-20-6-8-21(17-27)9-7-20/h3-9,11-12,14-16,27H,1,10,13,17-18H2,2H3. The zero-order valence-electron chi connectivity index (χ0n) is 16.7. The van der Waals surface area contributed by atoms with Crippen molar-refractivity contribution in [2.24, 2.45) is 0 Å². The number of hydrogen-bond acceptors (Lipinski definition) is 3. The Morgan fingerprint density at radius 1 is 0.897 bits per heavy atom. The molecule has 0 unspecified atom stereocenters. The van der Waals surface area contributed by atoms with Gasteiger partial charge in [0.15, 0.2) is 0 Å². The SMILES string of the molecule is C=CC(=O)OCc1cc(-c2ccc(C)cc2)ccc1CCc1ccc(CO)cc1. The Morgan fingerprint density at radius 3 is 2.21 bits per heavy atom. The molecule has 0 saturated heterocycles. The lowest BCUT2D eigenvalue weighted by molar-refractivity contribution is -0.138. The number of aryl methyl sites for hydroxylation is 3. The van der Waals surface area contributed by atoms with Gasteiger partial charge in [-0.2, -0.15) is 0 Å². The third-order valence-electron chi connectivity index (χ3n) is 5.02. The van der Waals surface area contributed by atoms with E-state index >= 15 is 0 Å². The van der Waals surface area contributed by atoms with Crippen LogP contribution in [0, 0.1) is 6.92 Å². The quantitative estimate of drug-likeness (QED) is 0.429. The molecule has 0 aliphatic carbocycles. The highest BCUT2D eigenvalue weighted by Crippen LogP contribution is 2.25. The van der Waals surface area contributed by atoms with Crippen LogP contribution in [0.5, 0.6) is 0 Å². The van der Waals surface area contributed by atoms with Gasteiger partial charge in [-0.1, -0.05) is 72.8 Å². The predicted molar refractivity (Wildman–Crippen MR) is 116 cm³/mol. The third kappa shape index (κ3) is 5.66. The second-order valence-corrected chi connectivity index (χ2v) is 7.14. The predicted octanol–water partition coefficient (Wildman–Crippen LogP) is 5.17. The first kappa shape index (κ1) is 20.6. The lowest BCUT2D eigenvalue weighted by atomic mass is 9.95. The molecule has 0 aromatic heterocycles. The summed E-state index contributed by atoms with van der Waals surface area (Å²) in [5.41, 5.74) is 7.74. The molecule has 0 aliphatic heterocycles. The van der Waals surface area contributed by atoms with E-state index in [1.54, 1.807) is 0 Å². The van der Waals surface area contributed by atoms with Crippen molar-refractivity contribution in [1.82, 2.24) is 0 Å². The molecule has 0 saturated carbocycles. The third-order valence-corrected chi connectivity index (χ3v) is 5.02. The van der Waals surface area contributed by atoms with Crippen molar-refractivity contribution < 1.29 is 14.6 Å². The van der Waals surface area contributed by atoms with Gasteiger partial charge < -0.3 is 9.84 Å². The number of carbonyl (C=O) groups excluding carboxylic acids is 1. The molecule has 0 bridgehead atoms. The molecule has 1 N–H and O–H groups in total. The first-order valence-electron chi connectivity index (χ1n) is 9.76. The van der Waals surface area contributed by atoms with Gasteiger partial charge in [0, 0.05) is 6.08 Å². The van der Waals surface area contributed by atoms with E-state index in [1.165, 1.54) is 17.2 Å². The molecule has 0 spiro atoms. The van der Waals surface area contributed by atoms with Gasteiger partial charge in [-0.05, 0) is 59.2 Å².